The summed E-state index contributed by atoms with van der Waals surface area (Å²) < 4.78 is 38.4. The van der Waals surface area contributed by atoms with Crippen LogP contribution in [-0.2, 0) is 13.1 Å². The maximum Gasteiger partial charge on any atom is 0.231 e. The average Bonchev–Trinajstić information content (AvgIpc) is 2.96. The van der Waals surface area contributed by atoms with Gasteiger partial charge in [-0.25, -0.2) is 8.78 Å². The molecule has 0 saturated heterocycles. The molecule has 110 valence electrons. The van der Waals surface area contributed by atoms with Crippen LogP contribution in [0.2, 0.25) is 0 Å². The third-order valence-electron chi connectivity index (χ3n) is 3.23. The molecule has 0 atom stereocenters. The molecular weight excluding hydrogens is 344 g/mol. The number of hydrogen-bond donors (Lipinski definition) is 1. The zero-order valence-corrected chi connectivity index (χ0v) is 12.5. The average molecular weight is 356 g/mol. The van der Waals surface area contributed by atoms with E-state index in [9.17, 15) is 8.78 Å². The summed E-state index contributed by atoms with van der Waals surface area (Å²) in [6, 6.07) is 8.14. The first-order chi connectivity index (χ1) is 10.2. The minimum atomic E-state index is -0.583. The van der Waals surface area contributed by atoms with Gasteiger partial charge in [0.2, 0.25) is 6.79 Å². The number of halogens is 3. The fraction of sp³-hybridized carbons (Fsp3) is 0.200. The molecule has 3 nitrogen and oxygen atoms in total. The van der Waals surface area contributed by atoms with Crippen LogP contribution in [0.4, 0.5) is 8.78 Å². The van der Waals surface area contributed by atoms with Crippen molar-refractivity contribution in [3.63, 3.8) is 0 Å². The summed E-state index contributed by atoms with van der Waals surface area (Å²) in [6.45, 7) is 0.709. The monoisotopic (exact) mass is 355 g/mol. The fourth-order valence-corrected chi connectivity index (χ4v) is 2.55. The van der Waals surface area contributed by atoms with Crippen LogP contribution in [0.1, 0.15) is 11.1 Å². The summed E-state index contributed by atoms with van der Waals surface area (Å²) in [5.74, 6) is 0.218. The molecule has 0 fully saturated rings. The van der Waals surface area contributed by atoms with Gasteiger partial charge in [0.15, 0.2) is 11.5 Å². The minimum Gasteiger partial charge on any atom is -0.454 e. The second-order valence-electron chi connectivity index (χ2n) is 4.58. The van der Waals surface area contributed by atoms with Crippen molar-refractivity contribution in [3.8, 4) is 11.5 Å². The highest BCUT2D eigenvalue weighted by Gasteiger charge is 2.17. The van der Waals surface area contributed by atoms with Crippen LogP contribution >= 0.6 is 15.9 Å². The maximum absolute atomic E-state index is 13.8. The molecule has 0 amide bonds. The highest BCUT2D eigenvalue weighted by Crippen LogP contribution is 2.35. The van der Waals surface area contributed by atoms with Crippen molar-refractivity contribution in [3.05, 3.63) is 57.6 Å². The highest BCUT2D eigenvalue weighted by molar-refractivity contribution is 9.10. The van der Waals surface area contributed by atoms with E-state index in [4.69, 9.17) is 9.47 Å². The second-order valence-corrected chi connectivity index (χ2v) is 5.43. The number of para-hydroxylation sites is 1. The lowest BCUT2D eigenvalue weighted by molar-refractivity contribution is 0.173. The molecule has 0 spiro atoms. The molecule has 21 heavy (non-hydrogen) atoms. The van der Waals surface area contributed by atoms with Crippen molar-refractivity contribution in [1.82, 2.24) is 5.32 Å². The SMILES string of the molecule is Fc1ccc(Br)c(F)c1CNCc1cccc2c1OCO2. The predicted molar refractivity (Wildman–Crippen MR) is 77.2 cm³/mol. The smallest absolute Gasteiger partial charge is 0.231 e. The van der Waals surface area contributed by atoms with Crippen LogP contribution in [0.5, 0.6) is 11.5 Å². The molecular formula is C15H12BrF2NO2. The number of rotatable bonds is 4. The van der Waals surface area contributed by atoms with Crippen molar-refractivity contribution >= 4 is 15.9 Å². The van der Waals surface area contributed by atoms with E-state index in [0.717, 1.165) is 5.56 Å². The van der Waals surface area contributed by atoms with E-state index in [0.29, 0.717) is 18.0 Å². The van der Waals surface area contributed by atoms with Gasteiger partial charge in [-0.15, -0.1) is 0 Å². The van der Waals surface area contributed by atoms with Gasteiger partial charge in [0.05, 0.1) is 4.47 Å². The molecule has 1 aliphatic rings. The number of nitrogens with one attached hydrogen (secondary N) is 1. The molecule has 2 aromatic rings. The standard InChI is InChI=1S/C15H12BrF2NO2/c16-11-4-5-12(17)10(14(11)18)7-19-6-9-2-1-3-13-15(9)21-8-20-13/h1-5,19H,6-8H2. The largest absolute Gasteiger partial charge is 0.454 e. The molecule has 1 N–H and O–H groups in total. The number of hydrogen-bond acceptors (Lipinski definition) is 3. The van der Waals surface area contributed by atoms with E-state index < -0.39 is 11.6 Å². The van der Waals surface area contributed by atoms with Crippen molar-refractivity contribution in [1.29, 1.82) is 0 Å². The van der Waals surface area contributed by atoms with Gasteiger partial charge < -0.3 is 14.8 Å². The first-order valence-corrected chi connectivity index (χ1v) is 7.16. The molecule has 6 heteroatoms. The van der Waals surface area contributed by atoms with Gasteiger partial charge in [0.25, 0.3) is 0 Å². The van der Waals surface area contributed by atoms with Crippen LogP contribution < -0.4 is 14.8 Å². The summed E-state index contributed by atoms with van der Waals surface area (Å²) >= 11 is 3.05. The summed E-state index contributed by atoms with van der Waals surface area (Å²) in [6.07, 6.45) is 0. The van der Waals surface area contributed by atoms with Crippen LogP contribution in [-0.4, -0.2) is 6.79 Å². The Hall–Kier alpha value is -1.66. The molecule has 2 aromatic carbocycles. The Balaban J connectivity index is 1.70. The van der Waals surface area contributed by atoms with Gasteiger partial charge in [-0.1, -0.05) is 12.1 Å². The molecule has 1 heterocycles. The number of fused-ring (bicyclic) bond motifs is 1. The van der Waals surface area contributed by atoms with Gasteiger partial charge in [0, 0.05) is 24.2 Å². The summed E-state index contributed by atoms with van der Waals surface area (Å²) in [5.41, 5.74) is 0.898. The van der Waals surface area contributed by atoms with Gasteiger partial charge in [-0.3, -0.25) is 0 Å². The Labute approximate surface area is 129 Å². The van der Waals surface area contributed by atoms with Crippen molar-refractivity contribution in [2.24, 2.45) is 0 Å². The second kappa shape index (κ2) is 5.99. The van der Waals surface area contributed by atoms with Crippen LogP contribution in [0.25, 0.3) is 0 Å². The molecule has 0 aromatic heterocycles. The molecule has 0 bridgehead atoms. The highest BCUT2D eigenvalue weighted by atomic mass is 79.9. The lowest BCUT2D eigenvalue weighted by atomic mass is 10.1. The van der Waals surface area contributed by atoms with E-state index in [-0.39, 0.29) is 23.4 Å². The first kappa shape index (κ1) is 14.3. The van der Waals surface area contributed by atoms with E-state index in [1.165, 1.54) is 12.1 Å². The predicted octanol–water partition coefficient (Wildman–Crippen LogP) is 3.75. The number of ether oxygens (including phenoxy) is 2. The Morgan fingerprint density at radius 2 is 1.95 bits per heavy atom. The third-order valence-corrected chi connectivity index (χ3v) is 3.85. The van der Waals surface area contributed by atoms with Crippen molar-refractivity contribution in [2.75, 3.05) is 6.79 Å². The number of benzene rings is 2. The van der Waals surface area contributed by atoms with Crippen molar-refractivity contribution in [2.45, 2.75) is 13.1 Å². The van der Waals surface area contributed by atoms with Crippen molar-refractivity contribution < 1.29 is 18.3 Å². The lowest BCUT2D eigenvalue weighted by Gasteiger charge is -2.10. The molecule has 0 radical (unpaired) electrons. The van der Waals surface area contributed by atoms with Gasteiger partial charge >= 0.3 is 0 Å². The topological polar surface area (TPSA) is 30.5 Å². The van der Waals surface area contributed by atoms with Crippen LogP contribution in [0, 0.1) is 11.6 Å². The molecule has 0 aliphatic carbocycles. The minimum absolute atomic E-state index is 0.00844. The third kappa shape index (κ3) is 2.87. The Morgan fingerprint density at radius 3 is 2.81 bits per heavy atom. The fourth-order valence-electron chi connectivity index (χ4n) is 2.18. The summed E-state index contributed by atoms with van der Waals surface area (Å²) in [7, 11) is 0. The molecule has 1 aliphatic heterocycles. The molecule has 0 saturated carbocycles. The van der Waals surface area contributed by atoms with Gasteiger partial charge in [-0.2, -0.15) is 0 Å². The Kier molecular flexibility index (Phi) is 4.07. The Bertz CT molecular complexity index is 679. The van der Waals surface area contributed by atoms with Crippen LogP contribution in [0.3, 0.4) is 0 Å². The van der Waals surface area contributed by atoms with Crippen LogP contribution in [0.15, 0.2) is 34.8 Å². The normalized spacial score (nSPS) is 12.7. The van der Waals surface area contributed by atoms with E-state index in [1.807, 2.05) is 18.2 Å². The molecule has 3 rings (SSSR count). The zero-order valence-electron chi connectivity index (χ0n) is 11.0. The first-order valence-electron chi connectivity index (χ1n) is 6.37. The van der Waals surface area contributed by atoms with E-state index >= 15 is 0 Å². The van der Waals surface area contributed by atoms with Gasteiger partial charge in [0.1, 0.15) is 11.6 Å². The summed E-state index contributed by atoms with van der Waals surface area (Å²) in [5, 5.41) is 3.02. The lowest BCUT2D eigenvalue weighted by Crippen LogP contribution is -2.15. The quantitative estimate of drug-likeness (QED) is 0.847. The summed E-state index contributed by atoms with van der Waals surface area (Å²) in [4.78, 5) is 0. The van der Waals surface area contributed by atoms with Gasteiger partial charge in [-0.05, 0) is 34.1 Å². The van der Waals surface area contributed by atoms with E-state index in [2.05, 4.69) is 21.2 Å². The maximum atomic E-state index is 13.8. The zero-order chi connectivity index (χ0) is 14.8. The van der Waals surface area contributed by atoms with E-state index in [1.54, 1.807) is 0 Å². The molecule has 0 unspecified atom stereocenters. The Morgan fingerprint density at radius 1 is 1.10 bits per heavy atom.